The lowest BCUT2D eigenvalue weighted by atomic mass is 9.96. The molecule has 1 heterocycles. The molecule has 3 aromatic carbocycles. The normalized spacial score (nSPS) is 10.5. The fraction of sp³-hybridized carbons (Fsp3) is 0. The van der Waals surface area contributed by atoms with E-state index in [1.165, 1.54) is 12.1 Å². The van der Waals surface area contributed by atoms with Gasteiger partial charge in [-0.15, -0.1) is 0 Å². The quantitative estimate of drug-likeness (QED) is 0.485. The molecule has 0 bridgehead atoms. The van der Waals surface area contributed by atoms with Gasteiger partial charge in [0.15, 0.2) is 0 Å². The number of nitrogens with zero attached hydrogens (tertiary/aromatic N) is 1. The number of halogens is 1. The molecule has 0 radical (unpaired) electrons. The first-order chi connectivity index (χ1) is 14.1. The molecule has 4 aromatic rings. The Morgan fingerprint density at radius 2 is 1.62 bits per heavy atom. The summed E-state index contributed by atoms with van der Waals surface area (Å²) in [7, 11) is 0. The number of pyridine rings is 1. The summed E-state index contributed by atoms with van der Waals surface area (Å²) in [6.07, 6.45) is 3.54. The first kappa shape index (κ1) is 18.4. The Kier molecular flexibility index (Phi) is 5.03. The Balaban J connectivity index is 1.72. The van der Waals surface area contributed by atoms with Crippen molar-refractivity contribution in [1.82, 2.24) is 4.98 Å². The van der Waals surface area contributed by atoms with Gasteiger partial charge in [-0.2, -0.15) is 0 Å². The van der Waals surface area contributed by atoms with Crippen LogP contribution in [0.3, 0.4) is 0 Å². The van der Waals surface area contributed by atoms with Gasteiger partial charge in [-0.25, -0.2) is 4.39 Å². The van der Waals surface area contributed by atoms with E-state index in [1.54, 1.807) is 36.7 Å². The second-order valence-electron chi connectivity index (χ2n) is 6.55. The lowest BCUT2D eigenvalue weighted by molar-refractivity contribution is 0.100. The van der Waals surface area contributed by atoms with Crippen LogP contribution in [0.25, 0.3) is 22.3 Å². The molecule has 4 nitrogen and oxygen atoms in total. The maximum Gasteiger partial charge on any atom is 0.249 e. The van der Waals surface area contributed by atoms with E-state index in [2.05, 4.69) is 10.3 Å². The predicted molar refractivity (Wildman–Crippen MR) is 113 cm³/mol. The predicted octanol–water partition coefficient (Wildman–Crippen LogP) is 5.40. The second-order valence-corrected chi connectivity index (χ2v) is 6.55. The van der Waals surface area contributed by atoms with Gasteiger partial charge < -0.3 is 11.1 Å². The number of carbonyl (C=O) groups is 1. The van der Waals surface area contributed by atoms with Gasteiger partial charge in [0.05, 0.1) is 0 Å². The van der Waals surface area contributed by atoms with Crippen molar-refractivity contribution in [2.24, 2.45) is 5.73 Å². The number of anilines is 2. The van der Waals surface area contributed by atoms with Gasteiger partial charge in [0.2, 0.25) is 5.91 Å². The third-order valence-corrected chi connectivity index (χ3v) is 4.60. The van der Waals surface area contributed by atoms with Crippen LogP contribution in [0.2, 0.25) is 0 Å². The molecule has 3 N–H and O–H groups in total. The summed E-state index contributed by atoms with van der Waals surface area (Å²) in [4.78, 5) is 16.1. The molecule has 0 atom stereocenters. The monoisotopic (exact) mass is 383 g/mol. The summed E-state index contributed by atoms with van der Waals surface area (Å²) >= 11 is 0. The van der Waals surface area contributed by atoms with E-state index in [4.69, 9.17) is 5.73 Å². The second kappa shape index (κ2) is 7.94. The fourth-order valence-electron chi connectivity index (χ4n) is 3.25. The molecule has 0 aliphatic heterocycles. The molecule has 0 saturated heterocycles. The van der Waals surface area contributed by atoms with Gasteiger partial charge in [0.1, 0.15) is 5.82 Å². The maximum atomic E-state index is 13.8. The van der Waals surface area contributed by atoms with Crippen LogP contribution in [0.15, 0.2) is 91.3 Å². The third kappa shape index (κ3) is 3.99. The van der Waals surface area contributed by atoms with Crippen LogP contribution in [-0.2, 0) is 0 Å². The molecule has 0 aliphatic rings. The third-order valence-electron chi connectivity index (χ3n) is 4.60. The summed E-state index contributed by atoms with van der Waals surface area (Å²) < 4.78 is 13.8. The standard InChI is InChI=1S/C24H18FN3O/c25-19-6-1-4-17(14-19)23-21(24(26)29)7-2-8-22(23)28-20-11-9-16(10-12-20)18-5-3-13-27-15-18/h1-15,28H,(H2,26,29). The summed E-state index contributed by atoms with van der Waals surface area (Å²) in [5, 5.41) is 3.32. The summed E-state index contributed by atoms with van der Waals surface area (Å²) in [6, 6.07) is 23.1. The number of nitrogens with two attached hydrogens (primary N) is 1. The molecule has 5 heteroatoms. The van der Waals surface area contributed by atoms with Crippen molar-refractivity contribution >= 4 is 17.3 Å². The van der Waals surface area contributed by atoms with Gasteiger partial charge in [-0.05, 0) is 59.2 Å². The van der Waals surface area contributed by atoms with Crippen LogP contribution >= 0.6 is 0 Å². The Labute approximate surface area is 167 Å². The zero-order chi connectivity index (χ0) is 20.2. The van der Waals surface area contributed by atoms with E-state index in [1.807, 2.05) is 42.5 Å². The van der Waals surface area contributed by atoms with E-state index >= 15 is 0 Å². The van der Waals surface area contributed by atoms with Crippen LogP contribution in [0.5, 0.6) is 0 Å². The number of hydrogen-bond donors (Lipinski definition) is 2. The minimum absolute atomic E-state index is 0.326. The van der Waals surface area contributed by atoms with Crippen LogP contribution in [0.1, 0.15) is 10.4 Å². The van der Waals surface area contributed by atoms with Crippen LogP contribution in [-0.4, -0.2) is 10.9 Å². The number of rotatable bonds is 5. The fourth-order valence-corrected chi connectivity index (χ4v) is 3.25. The van der Waals surface area contributed by atoms with Crippen molar-refractivity contribution in [3.05, 3.63) is 103 Å². The maximum absolute atomic E-state index is 13.8. The molecule has 29 heavy (non-hydrogen) atoms. The van der Waals surface area contributed by atoms with Crippen LogP contribution in [0.4, 0.5) is 15.8 Å². The smallest absolute Gasteiger partial charge is 0.249 e. The number of carbonyl (C=O) groups excluding carboxylic acids is 1. The highest BCUT2D eigenvalue weighted by molar-refractivity contribution is 6.03. The van der Waals surface area contributed by atoms with Crippen molar-refractivity contribution in [2.45, 2.75) is 0 Å². The van der Waals surface area contributed by atoms with Crippen molar-refractivity contribution in [3.8, 4) is 22.3 Å². The van der Waals surface area contributed by atoms with Gasteiger partial charge in [-0.3, -0.25) is 9.78 Å². The topological polar surface area (TPSA) is 68.0 Å². The summed E-state index contributed by atoms with van der Waals surface area (Å²) in [6.45, 7) is 0. The summed E-state index contributed by atoms with van der Waals surface area (Å²) in [5.74, 6) is -0.951. The molecule has 1 amide bonds. The summed E-state index contributed by atoms with van der Waals surface area (Å²) in [5.41, 5.74) is 10.6. The molecule has 142 valence electrons. The Morgan fingerprint density at radius 3 is 2.31 bits per heavy atom. The van der Waals surface area contributed by atoms with Crippen LogP contribution < -0.4 is 11.1 Å². The largest absolute Gasteiger partial charge is 0.366 e. The Hall–Kier alpha value is -3.99. The Morgan fingerprint density at radius 1 is 0.862 bits per heavy atom. The molecule has 1 aromatic heterocycles. The first-order valence-corrected chi connectivity index (χ1v) is 9.08. The molecular weight excluding hydrogens is 365 g/mol. The number of amides is 1. The lowest BCUT2D eigenvalue weighted by Gasteiger charge is -2.16. The minimum atomic E-state index is -0.570. The average Bonchev–Trinajstić information content (AvgIpc) is 2.75. The van der Waals surface area contributed by atoms with Crippen molar-refractivity contribution in [1.29, 1.82) is 0 Å². The number of benzene rings is 3. The molecule has 0 fully saturated rings. The SMILES string of the molecule is NC(=O)c1cccc(Nc2ccc(-c3cccnc3)cc2)c1-c1cccc(F)c1. The van der Waals surface area contributed by atoms with E-state index in [9.17, 15) is 9.18 Å². The number of nitrogens with one attached hydrogen (secondary N) is 1. The number of aromatic nitrogens is 1. The van der Waals surface area contributed by atoms with Crippen LogP contribution in [0, 0.1) is 5.82 Å². The minimum Gasteiger partial charge on any atom is -0.366 e. The molecule has 0 aliphatic carbocycles. The molecule has 0 spiro atoms. The van der Waals surface area contributed by atoms with Gasteiger partial charge in [0.25, 0.3) is 0 Å². The highest BCUT2D eigenvalue weighted by Gasteiger charge is 2.15. The molecule has 0 saturated carbocycles. The lowest BCUT2D eigenvalue weighted by Crippen LogP contribution is -2.13. The molecule has 4 rings (SSSR count). The van der Waals surface area contributed by atoms with E-state index < -0.39 is 5.91 Å². The van der Waals surface area contributed by atoms with Gasteiger partial charge >= 0.3 is 0 Å². The van der Waals surface area contributed by atoms with Gasteiger partial charge in [-0.1, -0.05) is 36.4 Å². The Bertz CT molecular complexity index is 1160. The highest BCUT2D eigenvalue weighted by Crippen LogP contribution is 2.34. The first-order valence-electron chi connectivity index (χ1n) is 9.08. The van der Waals surface area contributed by atoms with Crippen molar-refractivity contribution in [2.75, 3.05) is 5.32 Å². The molecule has 0 unspecified atom stereocenters. The van der Waals surface area contributed by atoms with Crippen molar-refractivity contribution in [3.63, 3.8) is 0 Å². The zero-order valence-electron chi connectivity index (χ0n) is 15.5. The van der Waals surface area contributed by atoms with Gasteiger partial charge in [0, 0.05) is 34.9 Å². The number of hydrogen-bond acceptors (Lipinski definition) is 3. The number of primary amides is 1. The average molecular weight is 383 g/mol. The van der Waals surface area contributed by atoms with E-state index in [-0.39, 0.29) is 5.82 Å². The van der Waals surface area contributed by atoms with E-state index in [0.717, 1.165) is 16.8 Å². The van der Waals surface area contributed by atoms with E-state index in [0.29, 0.717) is 22.4 Å². The molecular formula is C24H18FN3O. The zero-order valence-corrected chi connectivity index (χ0v) is 15.5. The van der Waals surface area contributed by atoms with Crippen molar-refractivity contribution < 1.29 is 9.18 Å². The highest BCUT2D eigenvalue weighted by atomic mass is 19.1.